The second-order valence-corrected chi connectivity index (χ2v) is 4.73. The minimum atomic E-state index is -4.49. The maximum Gasteiger partial charge on any atom is 0.435 e. The number of nitro groups is 1. The first-order chi connectivity index (χ1) is 9.68. The Bertz CT molecular complexity index is 692. The lowest BCUT2D eigenvalue weighted by atomic mass is 10.1. The molecular formula is C13H12F3N3O2. The first kappa shape index (κ1) is 15.0. The van der Waals surface area contributed by atoms with Gasteiger partial charge in [-0.1, -0.05) is 6.07 Å². The summed E-state index contributed by atoms with van der Waals surface area (Å²) in [5, 5.41) is 14.2. The Balaban J connectivity index is 2.27. The van der Waals surface area contributed by atoms with Crippen LogP contribution in [0, 0.1) is 24.0 Å². The number of hydrogen-bond donors (Lipinski definition) is 0. The molecule has 0 saturated heterocycles. The van der Waals surface area contributed by atoms with Crippen LogP contribution in [0.2, 0.25) is 0 Å². The predicted octanol–water partition coefficient (Wildman–Crippen LogP) is 3.48. The van der Waals surface area contributed by atoms with Crippen LogP contribution < -0.4 is 0 Å². The summed E-state index contributed by atoms with van der Waals surface area (Å²) >= 11 is 0. The van der Waals surface area contributed by atoms with E-state index >= 15 is 0 Å². The number of benzene rings is 1. The van der Waals surface area contributed by atoms with Gasteiger partial charge >= 0.3 is 6.18 Å². The normalized spacial score (nSPS) is 11.7. The molecule has 0 N–H and O–H groups in total. The van der Waals surface area contributed by atoms with Gasteiger partial charge in [-0.25, -0.2) is 0 Å². The maximum absolute atomic E-state index is 12.7. The monoisotopic (exact) mass is 299 g/mol. The number of aryl methyl sites for hydroxylation is 2. The van der Waals surface area contributed by atoms with Gasteiger partial charge in [-0.15, -0.1) is 0 Å². The van der Waals surface area contributed by atoms with Crippen molar-refractivity contribution in [3.05, 3.63) is 56.9 Å². The van der Waals surface area contributed by atoms with Gasteiger partial charge in [-0.05, 0) is 31.0 Å². The molecule has 1 aromatic carbocycles. The van der Waals surface area contributed by atoms with Crippen LogP contribution in [0.25, 0.3) is 0 Å². The summed E-state index contributed by atoms with van der Waals surface area (Å²) in [5.41, 5.74) is 0.209. The van der Waals surface area contributed by atoms with Crippen molar-refractivity contribution in [3.63, 3.8) is 0 Å². The van der Waals surface area contributed by atoms with Crippen LogP contribution in [0.1, 0.15) is 22.4 Å². The lowest BCUT2D eigenvalue weighted by molar-refractivity contribution is -0.385. The van der Waals surface area contributed by atoms with Crippen LogP contribution in [0.4, 0.5) is 18.9 Å². The smallest absolute Gasteiger partial charge is 0.267 e. The highest BCUT2D eigenvalue weighted by molar-refractivity contribution is 5.41. The molecule has 2 aromatic rings. The average Bonchev–Trinajstić information content (AvgIpc) is 2.69. The van der Waals surface area contributed by atoms with E-state index in [0.29, 0.717) is 11.1 Å². The molecule has 0 aliphatic rings. The second-order valence-electron chi connectivity index (χ2n) is 4.73. The first-order valence-corrected chi connectivity index (χ1v) is 6.03. The van der Waals surface area contributed by atoms with Crippen LogP contribution >= 0.6 is 0 Å². The minimum Gasteiger partial charge on any atom is -0.267 e. The number of rotatable bonds is 3. The summed E-state index contributed by atoms with van der Waals surface area (Å²) in [5.74, 6) is 0. The van der Waals surface area contributed by atoms with E-state index in [4.69, 9.17) is 0 Å². The first-order valence-electron chi connectivity index (χ1n) is 6.03. The Hall–Kier alpha value is -2.38. The van der Waals surface area contributed by atoms with Crippen LogP contribution in [-0.4, -0.2) is 14.7 Å². The minimum absolute atomic E-state index is 0.0219. The fourth-order valence-corrected chi connectivity index (χ4v) is 2.09. The van der Waals surface area contributed by atoms with Crippen LogP contribution in [0.5, 0.6) is 0 Å². The maximum atomic E-state index is 12.7. The molecule has 0 radical (unpaired) electrons. The van der Waals surface area contributed by atoms with Crippen molar-refractivity contribution in [1.29, 1.82) is 0 Å². The zero-order valence-electron chi connectivity index (χ0n) is 11.3. The van der Waals surface area contributed by atoms with Crippen molar-refractivity contribution in [2.24, 2.45) is 0 Å². The number of nitro benzene ring substituents is 1. The van der Waals surface area contributed by atoms with E-state index in [2.05, 4.69) is 5.10 Å². The molecule has 0 aliphatic carbocycles. The van der Waals surface area contributed by atoms with E-state index in [1.807, 2.05) is 0 Å². The molecule has 112 valence electrons. The topological polar surface area (TPSA) is 61.0 Å². The summed E-state index contributed by atoms with van der Waals surface area (Å²) in [4.78, 5) is 10.2. The van der Waals surface area contributed by atoms with Gasteiger partial charge in [0.05, 0.1) is 11.5 Å². The van der Waals surface area contributed by atoms with Gasteiger partial charge < -0.3 is 0 Å². The zero-order chi connectivity index (χ0) is 15.8. The number of nitrogens with zero attached hydrogens (tertiary/aromatic N) is 3. The molecule has 5 nitrogen and oxygen atoms in total. The fourth-order valence-electron chi connectivity index (χ4n) is 2.09. The van der Waals surface area contributed by atoms with Crippen molar-refractivity contribution in [1.82, 2.24) is 9.78 Å². The summed E-state index contributed by atoms with van der Waals surface area (Å²) in [6.45, 7) is 3.04. The Morgan fingerprint density at radius 3 is 2.43 bits per heavy atom. The van der Waals surface area contributed by atoms with E-state index in [1.54, 1.807) is 13.0 Å². The van der Waals surface area contributed by atoms with Crippen molar-refractivity contribution < 1.29 is 18.1 Å². The van der Waals surface area contributed by atoms with Crippen molar-refractivity contribution in [3.8, 4) is 0 Å². The standard InChI is InChI=1S/C13H12F3N3O2/c1-8-5-10(3-4-11(8)19(20)21)7-18-6-9(2)12(17-18)13(14,15)16/h3-6H,7H2,1-2H3. The van der Waals surface area contributed by atoms with E-state index < -0.39 is 16.8 Å². The van der Waals surface area contributed by atoms with Gasteiger partial charge in [0.2, 0.25) is 0 Å². The van der Waals surface area contributed by atoms with Gasteiger partial charge in [-0.2, -0.15) is 18.3 Å². The van der Waals surface area contributed by atoms with Gasteiger partial charge in [0.15, 0.2) is 5.69 Å². The Morgan fingerprint density at radius 2 is 1.95 bits per heavy atom. The van der Waals surface area contributed by atoms with Crippen molar-refractivity contribution in [2.45, 2.75) is 26.6 Å². The molecule has 0 bridgehead atoms. The van der Waals surface area contributed by atoms with Gasteiger partial charge in [0.25, 0.3) is 5.69 Å². The molecule has 0 amide bonds. The van der Waals surface area contributed by atoms with E-state index in [9.17, 15) is 23.3 Å². The summed E-state index contributed by atoms with van der Waals surface area (Å²) in [7, 11) is 0. The molecule has 0 aliphatic heterocycles. The van der Waals surface area contributed by atoms with E-state index in [-0.39, 0.29) is 17.8 Å². The Kier molecular flexibility index (Phi) is 3.71. The second kappa shape index (κ2) is 5.19. The van der Waals surface area contributed by atoms with Gasteiger partial charge in [0, 0.05) is 17.8 Å². The molecule has 0 saturated carbocycles. The molecule has 1 heterocycles. The number of aromatic nitrogens is 2. The largest absolute Gasteiger partial charge is 0.435 e. The number of alkyl halides is 3. The Labute approximate surface area is 118 Å². The predicted molar refractivity (Wildman–Crippen MR) is 68.9 cm³/mol. The third kappa shape index (κ3) is 3.21. The van der Waals surface area contributed by atoms with Gasteiger partial charge in [0.1, 0.15) is 0 Å². The van der Waals surface area contributed by atoms with E-state index in [0.717, 1.165) is 0 Å². The molecule has 0 spiro atoms. The molecule has 0 fully saturated rings. The molecule has 2 rings (SSSR count). The molecule has 21 heavy (non-hydrogen) atoms. The lowest BCUT2D eigenvalue weighted by Gasteiger charge is -2.05. The lowest BCUT2D eigenvalue weighted by Crippen LogP contribution is -2.09. The van der Waals surface area contributed by atoms with Crippen molar-refractivity contribution in [2.75, 3.05) is 0 Å². The highest BCUT2D eigenvalue weighted by Gasteiger charge is 2.35. The van der Waals surface area contributed by atoms with Crippen molar-refractivity contribution >= 4 is 5.69 Å². The molecular weight excluding hydrogens is 287 g/mol. The summed E-state index contributed by atoms with van der Waals surface area (Å²) in [6.07, 6.45) is -3.18. The third-order valence-electron chi connectivity index (χ3n) is 3.02. The van der Waals surface area contributed by atoms with Gasteiger partial charge in [-0.3, -0.25) is 14.8 Å². The van der Waals surface area contributed by atoms with Crippen LogP contribution in [0.3, 0.4) is 0 Å². The SMILES string of the molecule is Cc1cc(Cn2cc(C)c(C(F)(F)F)n2)ccc1[N+](=O)[O-]. The third-order valence-corrected chi connectivity index (χ3v) is 3.02. The zero-order valence-corrected chi connectivity index (χ0v) is 11.3. The average molecular weight is 299 g/mol. The molecule has 0 atom stereocenters. The summed E-state index contributed by atoms with van der Waals surface area (Å²) in [6, 6.07) is 4.42. The molecule has 8 heteroatoms. The number of hydrogen-bond acceptors (Lipinski definition) is 3. The highest BCUT2D eigenvalue weighted by Crippen LogP contribution is 2.30. The summed E-state index contributed by atoms with van der Waals surface area (Å²) < 4.78 is 39.1. The fraction of sp³-hybridized carbons (Fsp3) is 0.308. The van der Waals surface area contributed by atoms with Crippen LogP contribution in [-0.2, 0) is 12.7 Å². The van der Waals surface area contributed by atoms with Crippen LogP contribution in [0.15, 0.2) is 24.4 Å². The Morgan fingerprint density at radius 1 is 1.29 bits per heavy atom. The number of halogens is 3. The molecule has 0 unspecified atom stereocenters. The highest BCUT2D eigenvalue weighted by atomic mass is 19.4. The quantitative estimate of drug-likeness (QED) is 0.644. The molecule has 1 aromatic heterocycles. The van der Waals surface area contributed by atoms with E-state index in [1.165, 1.54) is 29.9 Å².